The highest BCUT2D eigenvalue weighted by Gasteiger charge is 2.14. The van der Waals surface area contributed by atoms with E-state index in [1.807, 2.05) is 34.5 Å². The topological polar surface area (TPSA) is 67.1 Å². The van der Waals surface area contributed by atoms with Crippen molar-refractivity contribution in [3.63, 3.8) is 0 Å². The van der Waals surface area contributed by atoms with E-state index in [1.165, 1.54) is 41.3 Å². The SMILES string of the molecule is CCNC(=NCCCn1cccn1)NCCCc1nc2c(s1)CCCC2. The highest BCUT2D eigenvalue weighted by molar-refractivity contribution is 7.11. The number of nitrogens with zero attached hydrogens (tertiary/aromatic N) is 4. The average molecular weight is 375 g/mol. The molecule has 1 aliphatic rings. The van der Waals surface area contributed by atoms with Gasteiger partial charge in [0.15, 0.2) is 5.96 Å². The Morgan fingerprint density at radius 1 is 1.27 bits per heavy atom. The van der Waals surface area contributed by atoms with Gasteiger partial charge in [0, 0.05) is 49.9 Å². The van der Waals surface area contributed by atoms with E-state index in [9.17, 15) is 0 Å². The third-order valence-electron chi connectivity index (χ3n) is 4.47. The normalized spacial score (nSPS) is 14.3. The Balaban J connectivity index is 1.36. The first-order valence-corrected chi connectivity index (χ1v) is 10.6. The first-order valence-electron chi connectivity index (χ1n) is 9.82. The molecular weight excluding hydrogens is 344 g/mol. The summed E-state index contributed by atoms with van der Waals surface area (Å²) in [5.74, 6) is 0.909. The molecule has 6 nitrogen and oxygen atoms in total. The summed E-state index contributed by atoms with van der Waals surface area (Å²) >= 11 is 1.93. The second-order valence-corrected chi connectivity index (χ2v) is 7.77. The minimum Gasteiger partial charge on any atom is -0.357 e. The molecule has 0 saturated carbocycles. The summed E-state index contributed by atoms with van der Waals surface area (Å²) in [5.41, 5.74) is 1.37. The summed E-state index contributed by atoms with van der Waals surface area (Å²) in [7, 11) is 0. The van der Waals surface area contributed by atoms with Gasteiger partial charge in [0.05, 0.1) is 10.7 Å². The van der Waals surface area contributed by atoms with Crippen molar-refractivity contribution in [3.8, 4) is 0 Å². The smallest absolute Gasteiger partial charge is 0.191 e. The summed E-state index contributed by atoms with van der Waals surface area (Å²) in [5, 5.41) is 12.3. The van der Waals surface area contributed by atoms with E-state index >= 15 is 0 Å². The van der Waals surface area contributed by atoms with Crippen molar-refractivity contribution in [2.45, 2.75) is 58.4 Å². The van der Waals surface area contributed by atoms with Crippen molar-refractivity contribution in [3.05, 3.63) is 34.0 Å². The summed E-state index contributed by atoms with van der Waals surface area (Å²) in [4.78, 5) is 11.0. The Morgan fingerprint density at radius 2 is 2.19 bits per heavy atom. The largest absolute Gasteiger partial charge is 0.357 e. The van der Waals surface area contributed by atoms with Crippen molar-refractivity contribution in [2.75, 3.05) is 19.6 Å². The number of thiazole rings is 1. The molecule has 2 heterocycles. The molecule has 2 N–H and O–H groups in total. The molecule has 0 radical (unpaired) electrons. The predicted molar refractivity (Wildman–Crippen MR) is 108 cm³/mol. The van der Waals surface area contributed by atoms with Gasteiger partial charge < -0.3 is 10.6 Å². The quantitative estimate of drug-likeness (QED) is 0.402. The van der Waals surface area contributed by atoms with Gasteiger partial charge in [-0.1, -0.05) is 0 Å². The van der Waals surface area contributed by atoms with E-state index in [0.29, 0.717) is 0 Å². The maximum atomic E-state index is 4.83. The molecule has 0 bridgehead atoms. The molecule has 0 amide bonds. The Morgan fingerprint density at radius 3 is 3.00 bits per heavy atom. The lowest BCUT2D eigenvalue weighted by atomic mass is 10.0. The van der Waals surface area contributed by atoms with Crippen LogP contribution in [0.25, 0.3) is 0 Å². The number of aromatic nitrogens is 3. The zero-order valence-electron chi connectivity index (χ0n) is 15.7. The molecule has 0 fully saturated rings. The Hall–Kier alpha value is -1.89. The first kappa shape index (κ1) is 18.9. The fourth-order valence-electron chi connectivity index (χ4n) is 3.16. The van der Waals surface area contributed by atoms with Crippen LogP contribution in [0.1, 0.15) is 48.2 Å². The van der Waals surface area contributed by atoms with E-state index < -0.39 is 0 Å². The second kappa shape index (κ2) is 10.3. The lowest BCUT2D eigenvalue weighted by Gasteiger charge is -2.10. The van der Waals surface area contributed by atoms with E-state index in [-0.39, 0.29) is 0 Å². The number of hydrogen-bond acceptors (Lipinski definition) is 4. The number of guanidine groups is 1. The molecular formula is C19H30N6S. The van der Waals surface area contributed by atoms with Gasteiger partial charge in [-0.3, -0.25) is 9.67 Å². The lowest BCUT2D eigenvalue weighted by Crippen LogP contribution is -2.38. The van der Waals surface area contributed by atoms with E-state index in [1.54, 1.807) is 0 Å². The molecule has 26 heavy (non-hydrogen) atoms. The molecule has 3 rings (SSSR count). The minimum absolute atomic E-state index is 0.800. The number of hydrogen-bond donors (Lipinski definition) is 2. The molecule has 2 aromatic heterocycles. The van der Waals surface area contributed by atoms with Gasteiger partial charge in [-0.15, -0.1) is 11.3 Å². The molecule has 0 saturated heterocycles. The Bertz CT molecular complexity index is 653. The number of nitrogens with one attached hydrogen (secondary N) is 2. The molecule has 7 heteroatoms. The van der Waals surface area contributed by atoms with Crippen LogP contribution in [0, 0.1) is 0 Å². The third kappa shape index (κ3) is 5.83. The number of aliphatic imine (C=N–C) groups is 1. The van der Waals surface area contributed by atoms with Crippen LogP contribution >= 0.6 is 11.3 Å². The van der Waals surface area contributed by atoms with Crippen LogP contribution in [0.3, 0.4) is 0 Å². The number of aryl methyl sites for hydroxylation is 4. The number of fused-ring (bicyclic) bond motifs is 1. The van der Waals surface area contributed by atoms with Gasteiger partial charge in [-0.25, -0.2) is 4.98 Å². The highest BCUT2D eigenvalue weighted by Crippen LogP contribution is 2.27. The monoisotopic (exact) mass is 374 g/mol. The zero-order valence-corrected chi connectivity index (χ0v) is 16.5. The van der Waals surface area contributed by atoms with Crippen molar-refractivity contribution >= 4 is 17.3 Å². The lowest BCUT2D eigenvalue weighted by molar-refractivity contribution is 0.583. The van der Waals surface area contributed by atoms with Crippen LogP contribution in [0.2, 0.25) is 0 Å². The molecule has 0 atom stereocenters. The van der Waals surface area contributed by atoms with Gasteiger partial charge in [-0.2, -0.15) is 5.10 Å². The summed E-state index contributed by atoms with van der Waals surface area (Å²) in [6.07, 6.45) is 12.0. The summed E-state index contributed by atoms with van der Waals surface area (Å²) < 4.78 is 1.95. The first-order chi connectivity index (χ1) is 12.8. The van der Waals surface area contributed by atoms with Crippen molar-refractivity contribution in [1.29, 1.82) is 0 Å². The van der Waals surface area contributed by atoms with Gasteiger partial charge in [-0.05, 0) is 51.5 Å². The molecule has 2 aromatic rings. The second-order valence-electron chi connectivity index (χ2n) is 6.60. The van der Waals surface area contributed by atoms with Gasteiger partial charge in [0.25, 0.3) is 0 Å². The van der Waals surface area contributed by atoms with Crippen LogP contribution in [0.5, 0.6) is 0 Å². The minimum atomic E-state index is 0.800. The van der Waals surface area contributed by atoms with Crippen molar-refractivity contribution in [1.82, 2.24) is 25.4 Å². The zero-order chi connectivity index (χ0) is 18.0. The van der Waals surface area contributed by atoms with Gasteiger partial charge in [0.1, 0.15) is 0 Å². The maximum Gasteiger partial charge on any atom is 0.191 e. The van der Waals surface area contributed by atoms with Gasteiger partial charge >= 0.3 is 0 Å². The van der Waals surface area contributed by atoms with Crippen LogP contribution in [0.15, 0.2) is 23.5 Å². The predicted octanol–water partition coefficient (Wildman–Crippen LogP) is 2.80. The Kier molecular flexibility index (Phi) is 7.49. The van der Waals surface area contributed by atoms with E-state index in [2.05, 4.69) is 27.6 Å². The van der Waals surface area contributed by atoms with Crippen LogP contribution in [-0.2, 0) is 25.8 Å². The molecule has 0 aromatic carbocycles. The van der Waals surface area contributed by atoms with Crippen molar-refractivity contribution < 1.29 is 0 Å². The maximum absolute atomic E-state index is 4.83. The highest BCUT2D eigenvalue weighted by atomic mass is 32.1. The van der Waals surface area contributed by atoms with E-state index in [4.69, 9.17) is 4.98 Å². The standard InChI is InChI=1S/C19H30N6S/c1-2-20-19(22-12-6-14-25-15-7-13-23-25)21-11-5-10-18-24-16-8-3-4-9-17(16)26-18/h7,13,15H,2-6,8-12,14H2,1H3,(H2,20,21,22). The van der Waals surface area contributed by atoms with E-state index in [0.717, 1.165) is 51.4 Å². The molecule has 1 aliphatic carbocycles. The molecule has 0 aliphatic heterocycles. The van der Waals surface area contributed by atoms with Crippen LogP contribution < -0.4 is 10.6 Å². The molecule has 0 spiro atoms. The molecule has 0 unspecified atom stereocenters. The summed E-state index contributed by atoms with van der Waals surface area (Å²) in [6.45, 7) is 5.61. The van der Waals surface area contributed by atoms with Gasteiger partial charge in [0.2, 0.25) is 0 Å². The number of rotatable bonds is 9. The Labute approximate surface area is 160 Å². The fraction of sp³-hybridized carbons (Fsp3) is 0.632. The average Bonchev–Trinajstić information content (AvgIpc) is 3.31. The van der Waals surface area contributed by atoms with Crippen LogP contribution in [0.4, 0.5) is 0 Å². The summed E-state index contributed by atoms with van der Waals surface area (Å²) in [6, 6.07) is 1.95. The van der Waals surface area contributed by atoms with Crippen LogP contribution in [-0.4, -0.2) is 40.4 Å². The fourth-order valence-corrected chi connectivity index (χ4v) is 4.36. The molecule has 142 valence electrons. The van der Waals surface area contributed by atoms with Crippen molar-refractivity contribution in [2.24, 2.45) is 4.99 Å². The third-order valence-corrected chi connectivity index (χ3v) is 5.69.